The van der Waals surface area contributed by atoms with E-state index in [9.17, 15) is 4.79 Å². The average molecular weight is 268 g/mol. The lowest BCUT2D eigenvalue weighted by Crippen LogP contribution is -1.94. The third kappa shape index (κ3) is 1.99. The van der Waals surface area contributed by atoms with Gasteiger partial charge in [-0.05, 0) is 42.8 Å². The monoisotopic (exact) mass is 268 g/mol. The molecule has 0 amide bonds. The highest BCUT2D eigenvalue weighted by atomic mass is 16.4. The molecule has 0 saturated carbocycles. The molecular formula is C15H12N2O3. The predicted molar refractivity (Wildman–Crippen MR) is 75.6 cm³/mol. The molecule has 0 unspecified atom stereocenters. The number of carboxylic acids is 1. The van der Waals surface area contributed by atoms with Crippen molar-refractivity contribution in [1.82, 2.24) is 4.98 Å². The number of rotatable bonds is 2. The summed E-state index contributed by atoms with van der Waals surface area (Å²) in [6, 6.07) is 10.1. The summed E-state index contributed by atoms with van der Waals surface area (Å²) in [7, 11) is 0. The van der Waals surface area contributed by atoms with Crippen molar-refractivity contribution in [3.05, 3.63) is 47.5 Å². The van der Waals surface area contributed by atoms with Gasteiger partial charge in [0.25, 0.3) is 0 Å². The van der Waals surface area contributed by atoms with Crippen LogP contribution < -0.4 is 5.73 Å². The number of carboxylic acid groups (broad SMARTS) is 1. The van der Waals surface area contributed by atoms with Crippen molar-refractivity contribution < 1.29 is 14.3 Å². The number of fused-ring (bicyclic) bond motifs is 1. The summed E-state index contributed by atoms with van der Waals surface area (Å²) >= 11 is 0. The third-order valence-corrected chi connectivity index (χ3v) is 3.16. The molecule has 5 nitrogen and oxygen atoms in total. The minimum absolute atomic E-state index is 0.181. The first-order chi connectivity index (χ1) is 9.54. The minimum Gasteiger partial charge on any atom is -0.478 e. The number of anilines is 1. The molecule has 1 heterocycles. The first kappa shape index (κ1) is 12.2. The number of carbonyl (C=O) groups is 1. The molecule has 0 aliphatic rings. The summed E-state index contributed by atoms with van der Waals surface area (Å²) < 4.78 is 5.62. The van der Waals surface area contributed by atoms with Gasteiger partial charge < -0.3 is 15.3 Å². The maximum atomic E-state index is 10.9. The van der Waals surface area contributed by atoms with Crippen LogP contribution in [0.3, 0.4) is 0 Å². The van der Waals surface area contributed by atoms with Crippen molar-refractivity contribution in [2.24, 2.45) is 0 Å². The largest absolute Gasteiger partial charge is 0.478 e. The second kappa shape index (κ2) is 4.38. The van der Waals surface area contributed by atoms with Gasteiger partial charge in [-0.25, -0.2) is 9.78 Å². The number of nitrogen functional groups attached to an aromatic ring is 1. The molecule has 0 atom stereocenters. The van der Waals surface area contributed by atoms with Crippen molar-refractivity contribution >= 4 is 22.8 Å². The molecule has 5 heteroatoms. The Bertz CT molecular complexity index is 821. The highest BCUT2D eigenvalue weighted by Gasteiger charge is 2.11. The number of benzene rings is 2. The Balaban J connectivity index is 2.12. The lowest BCUT2D eigenvalue weighted by Gasteiger charge is -2.00. The fraction of sp³-hybridized carbons (Fsp3) is 0.0667. The maximum Gasteiger partial charge on any atom is 0.335 e. The zero-order chi connectivity index (χ0) is 14.3. The Hall–Kier alpha value is -2.82. The summed E-state index contributed by atoms with van der Waals surface area (Å²) in [5.74, 6) is -0.565. The molecule has 0 radical (unpaired) electrons. The van der Waals surface area contributed by atoms with Crippen LogP contribution in [0.5, 0.6) is 0 Å². The van der Waals surface area contributed by atoms with Crippen molar-refractivity contribution in [3.63, 3.8) is 0 Å². The maximum absolute atomic E-state index is 10.9. The van der Waals surface area contributed by atoms with Gasteiger partial charge in [0.2, 0.25) is 5.89 Å². The second-order valence-electron chi connectivity index (χ2n) is 4.58. The highest BCUT2D eigenvalue weighted by molar-refractivity contribution is 5.92. The van der Waals surface area contributed by atoms with Gasteiger partial charge in [-0.3, -0.25) is 0 Å². The van der Waals surface area contributed by atoms with Crippen LogP contribution in [0, 0.1) is 6.92 Å². The number of aromatic nitrogens is 1. The fourth-order valence-corrected chi connectivity index (χ4v) is 1.96. The van der Waals surface area contributed by atoms with Gasteiger partial charge in [-0.2, -0.15) is 0 Å². The van der Waals surface area contributed by atoms with E-state index in [0.29, 0.717) is 22.7 Å². The number of aromatic carboxylic acids is 1. The highest BCUT2D eigenvalue weighted by Crippen LogP contribution is 2.27. The molecular weight excluding hydrogens is 256 g/mol. The quantitative estimate of drug-likeness (QED) is 0.697. The van der Waals surface area contributed by atoms with Crippen LogP contribution in [0.15, 0.2) is 40.8 Å². The molecule has 0 fully saturated rings. The van der Waals surface area contributed by atoms with E-state index in [-0.39, 0.29) is 5.56 Å². The lowest BCUT2D eigenvalue weighted by molar-refractivity contribution is 0.0697. The molecule has 100 valence electrons. The van der Waals surface area contributed by atoms with Crippen molar-refractivity contribution in [2.75, 3.05) is 5.73 Å². The van der Waals surface area contributed by atoms with E-state index in [1.165, 1.54) is 12.1 Å². The Labute approximate surface area is 114 Å². The minimum atomic E-state index is -0.990. The predicted octanol–water partition coefficient (Wildman–Crippen LogP) is 3.08. The molecule has 20 heavy (non-hydrogen) atoms. The first-order valence-electron chi connectivity index (χ1n) is 6.05. The smallest absolute Gasteiger partial charge is 0.335 e. The van der Waals surface area contributed by atoms with Crippen LogP contribution in [0.4, 0.5) is 5.69 Å². The summed E-state index contributed by atoms with van der Waals surface area (Å²) in [5, 5.41) is 8.96. The average Bonchev–Trinajstić information content (AvgIpc) is 2.84. The zero-order valence-corrected chi connectivity index (χ0v) is 10.8. The number of hydrogen-bond donors (Lipinski definition) is 2. The number of nitrogens with zero attached hydrogens (tertiary/aromatic N) is 1. The molecule has 0 saturated heterocycles. The summed E-state index contributed by atoms with van der Waals surface area (Å²) in [6.07, 6.45) is 0. The number of aryl methyl sites for hydroxylation is 1. The van der Waals surface area contributed by atoms with Gasteiger partial charge in [-0.15, -0.1) is 0 Å². The van der Waals surface area contributed by atoms with E-state index < -0.39 is 5.97 Å². The van der Waals surface area contributed by atoms with E-state index in [0.717, 1.165) is 11.1 Å². The molecule has 0 spiro atoms. The van der Waals surface area contributed by atoms with Crippen LogP contribution in [-0.2, 0) is 0 Å². The number of nitrogens with two attached hydrogens (primary N) is 1. The molecule has 3 rings (SSSR count). The van der Waals surface area contributed by atoms with Gasteiger partial charge >= 0.3 is 5.97 Å². The standard InChI is InChI=1S/C15H12N2O3/c1-8-2-3-9(6-11(8)16)14-17-12-7-10(15(18)19)4-5-13(12)20-14/h2-7H,16H2,1H3,(H,18,19). The van der Waals surface area contributed by atoms with Crippen LogP contribution >= 0.6 is 0 Å². The van der Waals surface area contributed by atoms with Crippen LogP contribution in [0.25, 0.3) is 22.6 Å². The first-order valence-corrected chi connectivity index (χ1v) is 6.05. The molecule has 0 aliphatic carbocycles. The summed E-state index contributed by atoms with van der Waals surface area (Å²) in [5.41, 5.74) is 9.52. The van der Waals surface area contributed by atoms with Crippen LogP contribution in [-0.4, -0.2) is 16.1 Å². The van der Waals surface area contributed by atoms with Crippen molar-refractivity contribution in [3.8, 4) is 11.5 Å². The Morgan fingerprint density at radius 1 is 1.25 bits per heavy atom. The Kier molecular flexibility index (Phi) is 2.68. The normalized spacial score (nSPS) is 10.8. The molecule has 3 N–H and O–H groups in total. The molecule has 3 aromatic rings. The van der Waals surface area contributed by atoms with Crippen LogP contribution in [0.2, 0.25) is 0 Å². The number of hydrogen-bond acceptors (Lipinski definition) is 4. The van der Waals surface area contributed by atoms with Gasteiger partial charge in [0.1, 0.15) is 5.52 Å². The topological polar surface area (TPSA) is 89.3 Å². The van der Waals surface area contributed by atoms with E-state index in [1.807, 2.05) is 19.1 Å². The summed E-state index contributed by atoms with van der Waals surface area (Å²) in [6.45, 7) is 1.92. The van der Waals surface area contributed by atoms with Gasteiger partial charge in [0.15, 0.2) is 5.58 Å². The fourth-order valence-electron chi connectivity index (χ4n) is 1.96. The molecule has 0 aliphatic heterocycles. The van der Waals surface area contributed by atoms with E-state index in [1.54, 1.807) is 12.1 Å². The van der Waals surface area contributed by atoms with E-state index in [2.05, 4.69) is 4.98 Å². The lowest BCUT2D eigenvalue weighted by atomic mass is 10.1. The summed E-state index contributed by atoms with van der Waals surface area (Å²) in [4.78, 5) is 15.2. The van der Waals surface area contributed by atoms with Gasteiger partial charge in [0.05, 0.1) is 5.56 Å². The van der Waals surface area contributed by atoms with Crippen LogP contribution in [0.1, 0.15) is 15.9 Å². The van der Waals surface area contributed by atoms with E-state index >= 15 is 0 Å². The molecule has 1 aromatic heterocycles. The second-order valence-corrected chi connectivity index (χ2v) is 4.58. The third-order valence-electron chi connectivity index (χ3n) is 3.16. The molecule has 0 bridgehead atoms. The molecule has 2 aromatic carbocycles. The zero-order valence-electron chi connectivity index (χ0n) is 10.8. The van der Waals surface area contributed by atoms with Crippen molar-refractivity contribution in [1.29, 1.82) is 0 Å². The Morgan fingerprint density at radius 2 is 2.05 bits per heavy atom. The van der Waals surface area contributed by atoms with Gasteiger partial charge in [0, 0.05) is 11.3 Å². The van der Waals surface area contributed by atoms with E-state index in [4.69, 9.17) is 15.3 Å². The Morgan fingerprint density at radius 3 is 2.75 bits per heavy atom. The SMILES string of the molecule is Cc1ccc(-c2nc3cc(C(=O)O)ccc3o2)cc1N. The number of oxazole rings is 1. The van der Waals surface area contributed by atoms with Gasteiger partial charge in [-0.1, -0.05) is 6.07 Å². The van der Waals surface area contributed by atoms with Crippen molar-refractivity contribution in [2.45, 2.75) is 6.92 Å².